The molecule has 0 bridgehead atoms. The van der Waals surface area contributed by atoms with E-state index in [4.69, 9.17) is 5.26 Å². The number of carbonyl (C=O) groups is 1. The molecule has 1 saturated heterocycles. The summed E-state index contributed by atoms with van der Waals surface area (Å²) < 4.78 is 28.9. The van der Waals surface area contributed by atoms with E-state index in [9.17, 15) is 13.2 Å². The molecule has 136 valence electrons. The van der Waals surface area contributed by atoms with Gasteiger partial charge >= 0.3 is 0 Å². The average Bonchev–Trinajstić information content (AvgIpc) is 3.23. The van der Waals surface area contributed by atoms with Crippen molar-refractivity contribution in [1.82, 2.24) is 24.4 Å². The van der Waals surface area contributed by atoms with Crippen molar-refractivity contribution < 1.29 is 13.2 Å². The number of hydrogen-bond acceptors (Lipinski definition) is 7. The number of likely N-dealkylation sites (tertiary alicyclic amines) is 1. The number of Topliss-reactive ketones (excluding diaryl/α,β-unsaturated/α-hetero) is 1. The van der Waals surface area contributed by atoms with Crippen LogP contribution in [0, 0.1) is 11.5 Å². The lowest BCUT2D eigenvalue weighted by molar-refractivity contribution is 0.0983. The van der Waals surface area contributed by atoms with Gasteiger partial charge in [-0.25, -0.2) is 13.1 Å². The molecular weight excluding hydrogens is 356 g/mol. The number of nitrogens with zero attached hydrogens (tertiary/aromatic N) is 5. The Morgan fingerprint density at radius 1 is 1.42 bits per heavy atom. The van der Waals surface area contributed by atoms with Gasteiger partial charge in [-0.05, 0) is 24.6 Å². The molecule has 1 aliphatic heterocycles. The van der Waals surface area contributed by atoms with Crippen molar-refractivity contribution in [2.75, 3.05) is 13.1 Å². The minimum absolute atomic E-state index is 0.0321. The van der Waals surface area contributed by atoms with E-state index in [0.717, 1.165) is 0 Å². The topological polar surface area (TPSA) is 121 Å². The van der Waals surface area contributed by atoms with Crippen LogP contribution in [0.1, 0.15) is 22.6 Å². The van der Waals surface area contributed by atoms with E-state index in [1.54, 1.807) is 19.3 Å². The first-order valence-electron chi connectivity index (χ1n) is 8.02. The third kappa shape index (κ3) is 3.89. The number of nitriles is 1. The van der Waals surface area contributed by atoms with E-state index in [0.29, 0.717) is 30.9 Å². The summed E-state index contributed by atoms with van der Waals surface area (Å²) in [7, 11) is -2.04. The second-order valence-electron chi connectivity index (χ2n) is 6.08. The molecule has 0 aromatic carbocycles. The molecule has 0 saturated carbocycles. The molecule has 1 fully saturated rings. The Morgan fingerprint density at radius 3 is 2.81 bits per heavy atom. The Kier molecular flexibility index (Phi) is 5.01. The second-order valence-corrected chi connectivity index (χ2v) is 7.79. The van der Waals surface area contributed by atoms with Gasteiger partial charge in [-0.3, -0.25) is 14.5 Å². The number of aryl methyl sites for hydroxylation is 1. The molecule has 0 aliphatic carbocycles. The molecule has 3 rings (SSSR count). The Bertz CT molecular complexity index is 945. The average molecular weight is 374 g/mol. The molecule has 1 N–H and O–H groups in total. The zero-order valence-corrected chi connectivity index (χ0v) is 15.0. The number of aromatic nitrogens is 3. The number of carbonyl (C=O) groups excluding carboxylic acids is 1. The maximum atomic E-state index is 12.4. The summed E-state index contributed by atoms with van der Waals surface area (Å²) in [5.74, 6) is -0.145. The van der Waals surface area contributed by atoms with Crippen LogP contribution in [-0.4, -0.2) is 53.0 Å². The minimum Gasteiger partial charge on any atom is -0.309 e. The highest BCUT2D eigenvalue weighted by atomic mass is 32.2. The molecule has 10 heteroatoms. The Morgan fingerprint density at radius 2 is 2.23 bits per heavy atom. The number of hydrogen-bond donors (Lipinski definition) is 1. The standard InChI is InChI=1S/C16H18N6O3S/c1-21-15(4-6-19-21)16(23)8-12-2-3-14(9-18-12)26(24,25)20-13-5-7-22(10-13)11-17/h2-4,6,9,13,20H,5,7-8,10H2,1H3. The van der Waals surface area contributed by atoms with Gasteiger partial charge in [-0.2, -0.15) is 10.4 Å². The van der Waals surface area contributed by atoms with Gasteiger partial charge in [0.25, 0.3) is 0 Å². The molecule has 1 atom stereocenters. The largest absolute Gasteiger partial charge is 0.309 e. The molecular formula is C16H18N6O3S. The molecule has 3 heterocycles. The number of pyridine rings is 1. The lowest BCUT2D eigenvalue weighted by Gasteiger charge is -2.12. The van der Waals surface area contributed by atoms with E-state index >= 15 is 0 Å². The summed E-state index contributed by atoms with van der Waals surface area (Å²) in [4.78, 5) is 17.8. The Labute approximate surface area is 151 Å². The molecule has 9 nitrogen and oxygen atoms in total. The third-order valence-corrected chi connectivity index (χ3v) is 5.71. The van der Waals surface area contributed by atoms with Crippen molar-refractivity contribution in [3.05, 3.63) is 42.0 Å². The minimum atomic E-state index is -3.72. The zero-order valence-electron chi connectivity index (χ0n) is 14.2. The number of sulfonamides is 1. The second kappa shape index (κ2) is 7.23. The predicted octanol–water partition coefficient (Wildman–Crippen LogP) is 0.0742. The third-order valence-electron chi connectivity index (χ3n) is 4.21. The molecule has 0 spiro atoms. The predicted molar refractivity (Wildman–Crippen MR) is 91.4 cm³/mol. The van der Waals surface area contributed by atoms with Crippen LogP contribution < -0.4 is 4.72 Å². The molecule has 1 unspecified atom stereocenters. The molecule has 26 heavy (non-hydrogen) atoms. The monoisotopic (exact) mass is 374 g/mol. The van der Waals surface area contributed by atoms with E-state index in [1.165, 1.54) is 27.9 Å². The van der Waals surface area contributed by atoms with E-state index in [2.05, 4.69) is 14.8 Å². The van der Waals surface area contributed by atoms with Gasteiger partial charge in [0.2, 0.25) is 10.0 Å². The first kappa shape index (κ1) is 18.0. The number of nitrogens with one attached hydrogen (secondary N) is 1. The van der Waals surface area contributed by atoms with Crippen molar-refractivity contribution in [2.45, 2.75) is 23.8 Å². The first-order chi connectivity index (χ1) is 12.4. The van der Waals surface area contributed by atoms with Gasteiger partial charge in [0.1, 0.15) is 10.6 Å². The van der Waals surface area contributed by atoms with Crippen LogP contribution >= 0.6 is 0 Å². The molecule has 1 aliphatic rings. The SMILES string of the molecule is Cn1nccc1C(=O)Cc1ccc(S(=O)(=O)NC2CCN(C#N)C2)cn1. The van der Waals surface area contributed by atoms with Crippen LogP contribution in [0.4, 0.5) is 0 Å². The van der Waals surface area contributed by atoms with Gasteiger partial charge < -0.3 is 4.90 Å². The van der Waals surface area contributed by atoms with Crippen molar-refractivity contribution in [2.24, 2.45) is 7.05 Å². The van der Waals surface area contributed by atoms with Crippen LogP contribution in [0.15, 0.2) is 35.5 Å². The molecule has 0 radical (unpaired) electrons. The maximum absolute atomic E-state index is 12.4. The quantitative estimate of drug-likeness (QED) is 0.561. The Hall–Kier alpha value is -2.77. The van der Waals surface area contributed by atoms with Crippen molar-refractivity contribution in [3.63, 3.8) is 0 Å². The van der Waals surface area contributed by atoms with Crippen molar-refractivity contribution in [1.29, 1.82) is 5.26 Å². The van der Waals surface area contributed by atoms with Gasteiger partial charge in [0.05, 0.1) is 6.42 Å². The fourth-order valence-corrected chi connectivity index (χ4v) is 4.02. The zero-order chi connectivity index (χ0) is 18.7. The van der Waals surface area contributed by atoms with Crippen LogP contribution in [0.25, 0.3) is 0 Å². The summed E-state index contributed by atoms with van der Waals surface area (Å²) in [5.41, 5.74) is 0.945. The molecule has 0 amide bonds. The van der Waals surface area contributed by atoms with E-state index < -0.39 is 10.0 Å². The summed E-state index contributed by atoms with van der Waals surface area (Å²) >= 11 is 0. The summed E-state index contributed by atoms with van der Waals surface area (Å²) in [6.45, 7) is 0.900. The van der Waals surface area contributed by atoms with Gasteiger partial charge in [0.15, 0.2) is 12.0 Å². The Balaban J connectivity index is 1.66. The molecule has 2 aromatic rings. The normalized spacial score (nSPS) is 17.2. The van der Waals surface area contributed by atoms with Crippen LogP contribution in [-0.2, 0) is 23.5 Å². The number of ketones is 1. The highest BCUT2D eigenvalue weighted by molar-refractivity contribution is 7.89. The van der Waals surface area contributed by atoms with Gasteiger partial charge in [-0.15, -0.1) is 0 Å². The van der Waals surface area contributed by atoms with Gasteiger partial charge in [-0.1, -0.05) is 0 Å². The fourth-order valence-electron chi connectivity index (χ4n) is 2.81. The van der Waals surface area contributed by atoms with Crippen molar-refractivity contribution >= 4 is 15.8 Å². The summed E-state index contributed by atoms with van der Waals surface area (Å²) in [6.07, 6.45) is 5.43. The smallest absolute Gasteiger partial charge is 0.242 e. The number of rotatable bonds is 6. The first-order valence-corrected chi connectivity index (χ1v) is 9.50. The molecule has 2 aromatic heterocycles. The lowest BCUT2D eigenvalue weighted by Crippen LogP contribution is -2.36. The van der Waals surface area contributed by atoms with Crippen LogP contribution in [0.2, 0.25) is 0 Å². The highest BCUT2D eigenvalue weighted by Crippen LogP contribution is 2.14. The summed E-state index contributed by atoms with van der Waals surface area (Å²) in [6, 6.07) is 4.28. The summed E-state index contributed by atoms with van der Waals surface area (Å²) in [5, 5.41) is 12.8. The van der Waals surface area contributed by atoms with E-state index in [1.807, 2.05) is 6.19 Å². The van der Waals surface area contributed by atoms with Crippen LogP contribution in [0.5, 0.6) is 0 Å². The fraction of sp³-hybridized carbons (Fsp3) is 0.375. The maximum Gasteiger partial charge on any atom is 0.242 e. The van der Waals surface area contributed by atoms with Gasteiger partial charge in [0, 0.05) is 44.3 Å². The van der Waals surface area contributed by atoms with Crippen LogP contribution in [0.3, 0.4) is 0 Å². The van der Waals surface area contributed by atoms with Crippen molar-refractivity contribution in [3.8, 4) is 6.19 Å². The lowest BCUT2D eigenvalue weighted by atomic mass is 10.1. The van der Waals surface area contributed by atoms with E-state index in [-0.39, 0.29) is 23.1 Å². The highest BCUT2D eigenvalue weighted by Gasteiger charge is 2.27.